The Morgan fingerprint density at radius 3 is 2.21 bits per heavy atom. The van der Waals surface area contributed by atoms with Gasteiger partial charge in [0, 0.05) is 12.6 Å². The summed E-state index contributed by atoms with van der Waals surface area (Å²) in [6.45, 7) is 7.01. The zero-order chi connectivity index (χ0) is 18.4. The zero-order valence-electron chi connectivity index (χ0n) is 14.5. The third kappa shape index (κ3) is 2.52. The predicted molar refractivity (Wildman–Crippen MR) is 85.2 cm³/mol. The fourth-order valence-corrected chi connectivity index (χ4v) is 4.24. The van der Waals surface area contributed by atoms with Crippen molar-refractivity contribution < 1.29 is 28.1 Å². The maximum absolute atomic E-state index is 12.9. The van der Waals surface area contributed by atoms with Crippen LogP contribution in [0.15, 0.2) is 21.9 Å². The van der Waals surface area contributed by atoms with E-state index in [4.69, 9.17) is 9.47 Å². The van der Waals surface area contributed by atoms with Crippen LogP contribution < -0.4 is 0 Å². The first kappa shape index (κ1) is 18.2. The number of hydrogen-bond acceptors (Lipinski definition) is 6. The minimum absolute atomic E-state index is 0.0914. The summed E-state index contributed by atoms with van der Waals surface area (Å²) in [5.41, 5.74) is -0.670. The Balaban J connectivity index is 2.80. The number of rotatable bonds is 3. The van der Waals surface area contributed by atoms with Crippen LogP contribution in [-0.2, 0) is 34.8 Å². The third-order valence-electron chi connectivity index (χ3n) is 3.53. The largest absolute Gasteiger partial charge is 0.465 e. The number of hydrogen-bond donors (Lipinski definition) is 0. The second kappa shape index (κ2) is 6.04. The second-order valence-electron chi connectivity index (χ2n) is 6.19. The SMILES string of the molecule is CCOC(=O)C1=C2C(=C(C(=O)OC)S(=O)N2C(C)(C)C)N(C)C1=O. The standard InChI is InChI=1S/C15H20N2O6S/c1-7-23-13(19)8-9-10(16(5)12(8)18)11(14(20)22-6)24(21)17(9)15(2,3)4/h7H2,1-6H3. The second-order valence-corrected chi connectivity index (χ2v) is 7.46. The van der Waals surface area contributed by atoms with Gasteiger partial charge in [0.15, 0.2) is 21.5 Å². The summed E-state index contributed by atoms with van der Waals surface area (Å²) in [6.07, 6.45) is 0. The van der Waals surface area contributed by atoms with Crippen molar-refractivity contribution >= 4 is 28.8 Å². The Kier molecular flexibility index (Phi) is 4.58. The summed E-state index contributed by atoms with van der Waals surface area (Å²) in [6, 6.07) is 0. The highest BCUT2D eigenvalue weighted by molar-refractivity contribution is 7.88. The Labute approximate surface area is 142 Å². The molecule has 0 aliphatic carbocycles. The number of carbonyl (C=O) groups excluding carboxylic acids is 3. The molecular formula is C15H20N2O6S. The van der Waals surface area contributed by atoms with E-state index < -0.39 is 34.4 Å². The highest BCUT2D eigenvalue weighted by Crippen LogP contribution is 2.45. The van der Waals surface area contributed by atoms with Gasteiger partial charge in [-0.1, -0.05) is 0 Å². The molecule has 2 aliphatic rings. The molecule has 24 heavy (non-hydrogen) atoms. The van der Waals surface area contributed by atoms with Gasteiger partial charge in [0.05, 0.1) is 25.1 Å². The van der Waals surface area contributed by atoms with E-state index in [9.17, 15) is 18.6 Å². The van der Waals surface area contributed by atoms with E-state index in [1.807, 2.05) is 0 Å². The number of carbonyl (C=O) groups is 3. The number of amides is 1. The normalized spacial score (nSPS) is 20.8. The molecular weight excluding hydrogens is 336 g/mol. The molecule has 132 valence electrons. The van der Waals surface area contributed by atoms with Crippen LogP contribution in [0.25, 0.3) is 0 Å². The monoisotopic (exact) mass is 356 g/mol. The molecule has 1 atom stereocenters. The van der Waals surface area contributed by atoms with Gasteiger partial charge in [-0.3, -0.25) is 9.10 Å². The lowest BCUT2D eigenvalue weighted by atomic mass is 10.1. The van der Waals surface area contributed by atoms with E-state index in [1.165, 1.54) is 18.5 Å². The van der Waals surface area contributed by atoms with Crippen LogP contribution in [0.4, 0.5) is 0 Å². The summed E-state index contributed by atoms with van der Waals surface area (Å²) in [7, 11) is 0.674. The molecule has 0 saturated heterocycles. The molecule has 0 radical (unpaired) electrons. The zero-order valence-corrected chi connectivity index (χ0v) is 15.3. The molecule has 2 rings (SSSR count). The Morgan fingerprint density at radius 1 is 1.17 bits per heavy atom. The van der Waals surface area contributed by atoms with Crippen LogP contribution in [0.3, 0.4) is 0 Å². The number of methoxy groups -OCH3 is 1. The summed E-state index contributed by atoms with van der Waals surface area (Å²) in [5, 5.41) is 0. The molecule has 0 spiro atoms. The van der Waals surface area contributed by atoms with Crippen LogP contribution >= 0.6 is 0 Å². The molecule has 1 unspecified atom stereocenters. The van der Waals surface area contributed by atoms with Gasteiger partial charge < -0.3 is 14.4 Å². The summed E-state index contributed by atoms with van der Waals surface area (Å²) >= 11 is 0. The van der Waals surface area contributed by atoms with Gasteiger partial charge in [-0.05, 0) is 27.7 Å². The average molecular weight is 356 g/mol. The van der Waals surface area contributed by atoms with Crippen LogP contribution in [0.1, 0.15) is 27.7 Å². The predicted octanol–water partition coefficient (Wildman–Crippen LogP) is 0.438. The molecule has 0 bridgehead atoms. The fourth-order valence-electron chi connectivity index (χ4n) is 2.59. The first-order valence-corrected chi connectivity index (χ1v) is 8.43. The number of esters is 2. The van der Waals surface area contributed by atoms with E-state index in [0.717, 1.165) is 4.90 Å². The van der Waals surface area contributed by atoms with Gasteiger partial charge in [-0.2, -0.15) is 0 Å². The Hall–Kier alpha value is -2.16. The lowest BCUT2D eigenvalue weighted by molar-refractivity contribution is -0.141. The van der Waals surface area contributed by atoms with Gasteiger partial charge in [-0.25, -0.2) is 13.8 Å². The van der Waals surface area contributed by atoms with Gasteiger partial charge >= 0.3 is 11.9 Å². The third-order valence-corrected chi connectivity index (χ3v) is 5.30. The minimum Gasteiger partial charge on any atom is -0.465 e. The topological polar surface area (TPSA) is 93.2 Å². The van der Waals surface area contributed by atoms with E-state index in [-0.39, 0.29) is 28.5 Å². The van der Waals surface area contributed by atoms with Crippen molar-refractivity contribution in [2.75, 3.05) is 20.8 Å². The number of fused-ring (bicyclic) bond motifs is 1. The van der Waals surface area contributed by atoms with Crippen LogP contribution in [0, 0.1) is 0 Å². The van der Waals surface area contributed by atoms with Crippen LogP contribution in [0.5, 0.6) is 0 Å². The Morgan fingerprint density at radius 2 is 1.75 bits per heavy atom. The molecule has 8 nitrogen and oxygen atoms in total. The molecule has 9 heteroatoms. The van der Waals surface area contributed by atoms with E-state index in [2.05, 4.69) is 0 Å². The lowest BCUT2D eigenvalue weighted by Crippen LogP contribution is -2.40. The summed E-state index contributed by atoms with van der Waals surface area (Å²) < 4.78 is 23.9. The van der Waals surface area contributed by atoms with Gasteiger partial charge in [0.25, 0.3) is 5.91 Å². The fraction of sp³-hybridized carbons (Fsp3) is 0.533. The first-order valence-electron chi connectivity index (χ1n) is 7.32. The van der Waals surface area contributed by atoms with Gasteiger partial charge in [0.1, 0.15) is 0 Å². The first-order chi connectivity index (χ1) is 11.1. The smallest absolute Gasteiger partial charge is 0.351 e. The van der Waals surface area contributed by atoms with Crippen molar-refractivity contribution in [3.63, 3.8) is 0 Å². The number of ether oxygens (including phenoxy) is 2. The van der Waals surface area contributed by atoms with Crippen molar-refractivity contribution in [3.8, 4) is 0 Å². The van der Waals surface area contributed by atoms with Crippen LogP contribution in [-0.4, -0.2) is 57.6 Å². The lowest BCUT2D eigenvalue weighted by Gasteiger charge is -2.33. The summed E-state index contributed by atoms with van der Waals surface area (Å²) in [5.74, 6) is -2.22. The van der Waals surface area contributed by atoms with Gasteiger partial charge in [-0.15, -0.1) is 0 Å². The molecule has 0 aromatic carbocycles. The molecule has 1 amide bonds. The highest BCUT2D eigenvalue weighted by atomic mass is 32.2. The van der Waals surface area contributed by atoms with Crippen molar-refractivity contribution in [2.24, 2.45) is 0 Å². The van der Waals surface area contributed by atoms with Crippen molar-refractivity contribution in [1.29, 1.82) is 0 Å². The van der Waals surface area contributed by atoms with E-state index >= 15 is 0 Å². The molecule has 2 heterocycles. The van der Waals surface area contributed by atoms with E-state index in [1.54, 1.807) is 27.7 Å². The molecule has 2 aliphatic heterocycles. The van der Waals surface area contributed by atoms with Crippen molar-refractivity contribution in [2.45, 2.75) is 33.2 Å². The highest BCUT2D eigenvalue weighted by Gasteiger charge is 2.53. The molecule has 0 aromatic heterocycles. The van der Waals surface area contributed by atoms with E-state index in [0.29, 0.717) is 0 Å². The van der Waals surface area contributed by atoms with Crippen LogP contribution in [0.2, 0.25) is 0 Å². The minimum atomic E-state index is -1.90. The number of likely N-dealkylation sites (N-methyl/N-ethyl adjacent to an activating group) is 1. The summed E-state index contributed by atoms with van der Waals surface area (Å²) in [4.78, 5) is 37.9. The molecule has 0 aromatic rings. The average Bonchev–Trinajstić information content (AvgIpc) is 2.90. The molecule has 0 fully saturated rings. The van der Waals surface area contributed by atoms with Crippen molar-refractivity contribution in [3.05, 3.63) is 21.9 Å². The quantitative estimate of drug-likeness (QED) is 0.538. The maximum Gasteiger partial charge on any atom is 0.351 e. The molecule has 0 N–H and O–H groups in total. The maximum atomic E-state index is 12.9. The molecule has 0 saturated carbocycles. The number of nitrogens with zero attached hydrogens (tertiary/aromatic N) is 2. The van der Waals surface area contributed by atoms with Crippen molar-refractivity contribution in [1.82, 2.24) is 9.21 Å². The van der Waals surface area contributed by atoms with Gasteiger partial charge in [0.2, 0.25) is 0 Å². The Bertz CT molecular complexity index is 716.